The van der Waals surface area contributed by atoms with Crippen LogP contribution in [0, 0.1) is 11.3 Å². The van der Waals surface area contributed by atoms with Gasteiger partial charge in [-0.1, -0.05) is 11.6 Å². The third-order valence-corrected chi connectivity index (χ3v) is 3.79. The van der Waals surface area contributed by atoms with Gasteiger partial charge < -0.3 is 21.1 Å². The van der Waals surface area contributed by atoms with Gasteiger partial charge in [0.15, 0.2) is 0 Å². The van der Waals surface area contributed by atoms with E-state index in [9.17, 15) is 4.79 Å². The number of nitrogens with zero attached hydrogens (tertiary/aromatic N) is 2. The van der Waals surface area contributed by atoms with Gasteiger partial charge in [-0.3, -0.25) is 0 Å². The van der Waals surface area contributed by atoms with Crippen LogP contribution in [0.1, 0.15) is 18.4 Å². The highest BCUT2D eigenvalue weighted by Crippen LogP contribution is 2.34. The number of hydrogen-bond donors (Lipinski definition) is 3. The summed E-state index contributed by atoms with van der Waals surface area (Å²) in [6.45, 7) is 1.33. The van der Waals surface area contributed by atoms with Crippen LogP contribution in [0.15, 0.2) is 12.1 Å². The monoisotopic (exact) mass is 294 g/mol. The van der Waals surface area contributed by atoms with Gasteiger partial charge in [-0.2, -0.15) is 5.26 Å². The Labute approximate surface area is 121 Å². The Morgan fingerprint density at radius 2 is 2.15 bits per heavy atom. The van der Waals surface area contributed by atoms with Gasteiger partial charge in [0, 0.05) is 19.1 Å². The van der Waals surface area contributed by atoms with Crippen molar-refractivity contribution in [3.63, 3.8) is 0 Å². The topological polar surface area (TPSA) is 102 Å². The van der Waals surface area contributed by atoms with Crippen molar-refractivity contribution in [2.45, 2.75) is 18.9 Å². The average molecular weight is 295 g/mol. The van der Waals surface area contributed by atoms with Gasteiger partial charge in [0.2, 0.25) is 0 Å². The minimum absolute atomic E-state index is 0.0426. The SMILES string of the molecule is N#Cc1cc(N)c(Cl)c(N2CCC(NC(=O)O)CC2)c1. The summed E-state index contributed by atoms with van der Waals surface area (Å²) in [4.78, 5) is 12.6. The van der Waals surface area contributed by atoms with Crippen molar-refractivity contribution < 1.29 is 9.90 Å². The zero-order chi connectivity index (χ0) is 14.7. The Kier molecular flexibility index (Phi) is 4.20. The van der Waals surface area contributed by atoms with Crippen molar-refractivity contribution in [1.29, 1.82) is 5.26 Å². The molecule has 1 saturated heterocycles. The molecule has 1 aliphatic rings. The van der Waals surface area contributed by atoms with E-state index in [-0.39, 0.29) is 6.04 Å². The summed E-state index contributed by atoms with van der Waals surface area (Å²) < 4.78 is 0. The standard InChI is InChI=1S/C13H15ClN4O2/c14-12-10(16)5-8(7-15)6-11(12)18-3-1-9(2-4-18)17-13(19)20/h5-6,9,17H,1-4,16H2,(H,19,20). The number of carboxylic acid groups (broad SMARTS) is 1. The second kappa shape index (κ2) is 5.88. The molecule has 0 aromatic heterocycles. The van der Waals surface area contributed by atoms with Gasteiger partial charge in [0.25, 0.3) is 0 Å². The van der Waals surface area contributed by atoms with Crippen molar-refractivity contribution in [3.05, 3.63) is 22.7 Å². The van der Waals surface area contributed by atoms with Crippen molar-refractivity contribution in [3.8, 4) is 6.07 Å². The van der Waals surface area contributed by atoms with Gasteiger partial charge in [-0.25, -0.2) is 4.79 Å². The molecule has 106 valence electrons. The Balaban J connectivity index is 2.13. The predicted octanol–water partition coefficient (Wildman–Crippen LogP) is 2.03. The molecule has 0 atom stereocenters. The number of hydrogen-bond acceptors (Lipinski definition) is 4. The first-order valence-corrected chi connectivity index (χ1v) is 6.62. The lowest BCUT2D eigenvalue weighted by atomic mass is 10.0. The minimum Gasteiger partial charge on any atom is -0.465 e. The van der Waals surface area contributed by atoms with E-state index in [1.165, 1.54) is 0 Å². The maximum absolute atomic E-state index is 10.6. The molecule has 1 heterocycles. The van der Waals surface area contributed by atoms with Crippen LogP contribution in [0.25, 0.3) is 0 Å². The minimum atomic E-state index is -1.00. The van der Waals surface area contributed by atoms with E-state index in [0.29, 0.717) is 42.2 Å². The molecule has 1 aromatic rings. The fraction of sp³-hybridized carbons (Fsp3) is 0.385. The molecule has 7 heteroatoms. The number of piperidine rings is 1. The maximum atomic E-state index is 10.6. The van der Waals surface area contributed by atoms with Crippen molar-refractivity contribution in [2.75, 3.05) is 23.7 Å². The summed E-state index contributed by atoms with van der Waals surface area (Å²) in [6, 6.07) is 5.27. The summed E-state index contributed by atoms with van der Waals surface area (Å²) in [5, 5.41) is 20.6. The highest BCUT2D eigenvalue weighted by atomic mass is 35.5. The van der Waals surface area contributed by atoms with Crippen LogP contribution < -0.4 is 16.0 Å². The van der Waals surface area contributed by atoms with E-state index in [4.69, 9.17) is 27.7 Å². The number of halogens is 1. The number of nitrogens with two attached hydrogens (primary N) is 1. The Morgan fingerprint density at radius 1 is 1.50 bits per heavy atom. The molecule has 0 radical (unpaired) electrons. The lowest BCUT2D eigenvalue weighted by molar-refractivity contribution is 0.187. The molecule has 1 aliphatic heterocycles. The highest BCUT2D eigenvalue weighted by molar-refractivity contribution is 6.35. The third-order valence-electron chi connectivity index (χ3n) is 3.37. The number of nitriles is 1. The molecular formula is C13H15ClN4O2. The van der Waals surface area contributed by atoms with Crippen LogP contribution in [-0.2, 0) is 0 Å². The van der Waals surface area contributed by atoms with Crippen molar-refractivity contribution >= 4 is 29.1 Å². The molecular weight excluding hydrogens is 280 g/mol. The van der Waals surface area contributed by atoms with Crippen LogP contribution in [0.4, 0.5) is 16.2 Å². The van der Waals surface area contributed by atoms with Gasteiger partial charge in [-0.15, -0.1) is 0 Å². The molecule has 0 spiro atoms. The van der Waals surface area contributed by atoms with Gasteiger partial charge >= 0.3 is 6.09 Å². The summed E-state index contributed by atoms with van der Waals surface area (Å²) in [5.74, 6) is 0. The number of carbonyl (C=O) groups is 1. The van der Waals surface area contributed by atoms with Crippen molar-refractivity contribution in [1.82, 2.24) is 5.32 Å². The molecule has 2 rings (SSSR count). The maximum Gasteiger partial charge on any atom is 0.404 e. The second-order valence-electron chi connectivity index (χ2n) is 4.72. The molecule has 4 N–H and O–H groups in total. The molecule has 1 aromatic carbocycles. The molecule has 1 fully saturated rings. The first kappa shape index (κ1) is 14.3. The summed E-state index contributed by atoms with van der Waals surface area (Å²) in [7, 11) is 0. The molecule has 0 unspecified atom stereocenters. The van der Waals surface area contributed by atoms with E-state index in [0.717, 1.165) is 5.69 Å². The Morgan fingerprint density at radius 3 is 2.70 bits per heavy atom. The van der Waals surface area contributed by atoms with Crippen LogP contribution >= 0.6 is 11.6 Å². The molecule has 20 heavy (non-hydrogen) atoms. The number of benzene rings is 1. The number of nitrogen functional groups attached to an aromatic ring is 1. The van der Waals surface area contributed by atoms with Crippen LogP contribution in [0.5, 0.6) is 0 Å². The molecule has 0 bridgehead atoms. The molecule has 0 aliphatic carbocycles. The zero-order valence-corrected chi connectivity index (χ0v) is 11.5. The smallest absolute Gasteiger partial charge is 0.404 e. The van der Waals surface area contributed by atoms with Crippen LogP contribution in [0.2, 0.25) is 5.02 Å². The van der Waals surface area contributed by atoms with Crippen molar-refractivity contribution in [2.24, 2.45) is 0 Å². The van der Waals surface area contributed by atoms with Gasteiger partial charge in [0.1, 0.15) is 0 Å². The number of anilines is 2. The normalized spacial score (nSPS) is 15.7. The van der Waals surface area contributed by atoms with E-state index in [1.54, 1.807) is 12.1 Å². The van der Waals surface area contributed by atoms with E-state index in [2.05, 4.69) is 11.4 Å². The Hall–Kier alpha value is -2.13. The predicted molar refractivity (Wildman–Crippen MR) is 77.0 cm³/mol. The molecule has 0 saturated carbocycles. The van der Waals surface area contributed by atoms with E-state index in [1.807, 2.05) is 4.90 Å². The second-order valence-corrected chi connectivity index (χ2v) is 5.10. The van der Waals surface area contributed by atoms with Gasteiger partial charge in [0.05, 0.1) is 28.0 Å². The fourth-order valence-corrected chi connectivity index (χ4v) is 2.59. The van der Waals surface area contributed by atoms with Gasteiger partial charge in [-0.05, 0) is 25.0 Å². The van der Waals surface area contributed by atoms with Crippen LogP contribution in [-0.4, -0.2) is 30.3 Å². The molecule has 1 amide bonds. The largest absolute Gasteiger partial charge is 0.465 e. The highest BCUT2D eigenvalue weighted by Gasteiger charge is 2.22. The summed E-state index contributed by atoms with van der Waals surface area (Å²) >= 11 is 6.19. The molecule has 6 nitrogen and oxygen atoms in total. The number of nitrogens with one attached hydrogen (secondary N) is 1. The first-order chi connectivity index (χ1) is 9.51. The lowest BCUT2D eigenvalue weighted by Crippen LogP contribution is -2.44. The van der Waals surface area contributed by atoms with E-state index >= 15 is 0 Å². The lowest BCUT2D eigenvalue weighted by Gasteiger charge is -2.34. The summed E-state index contributed by atoms with van der Waals surface area (Å²) in [6.07, 6.45) is 0.385. The van der Waals surface area contributed by atoms with Crippen LogP contribution in [0.3, 0.4) is 0 Å². The fourth-order valence-electron chi connectivity index (χ4n) is 2.37. The quantitative estimate of drug-likeness (QED) is 0.724. The number of rotatable bonds is 2. The number of amides is 1. The zero-order valence-electron chi connectivity index (χ0n) is 10.8. The third kappa shape index (κ3) is 3.06. The first-order valence-electron chi connectivity index (χ1n) is 6.24. The Bertz CT molecular complexity index is 562. The average Bonchev–Trinajstić information content (AvgIpc) is 2.42. The van der Waals surface area contributed by atoms with E-state index < -0.39 is 6.09 Å². The summed E-state index contributed by atoms with van der Waals surface area (Å²) in [5.41, 5.74) is 7.38.